The third-order valence-electron chi connectivity index (χ3n) is 3.45. The summed E-state index contributed by atoms with van der Waals surface area (Å²) >= 11 is 2.00. The van der Waals surface area contributed by atoms with Crippen molar-refractivity contribution in [1.82, 2.24) is 5.32 Å². The van der Waals surface area contributed by atoms with Gasteiger partial charge in [0.05, 0.1) is 0 Å². The summed E-state index contributed by atoms with van der Waals surface area (Å²) in [6, 6.07) is 19.9. The second kappa shape index (κ2) is 7.15. The summed E-state index contributed by atoms with van der Waals surface area (Å²) in [4.78, 5) is 0. The maximum absolute atomic E-state index is 3.43. The fourth-order valence-corrected chi connectivity index (χ4v) is 3.24. The highest BCUT2D eigenvalue weighted by Crippen LogP contribution is 2.29. The van der Waals surface area contributed by atoms with Crippen molar-refractivity contribution in [3.05, 3.63) is 60.2 Å². The van der Waals surface area contributed by atoms with Gasteiger partial charge in [-0.2, -0.15) is 11.8 Å². The maximum atomic E-state index is 3.43. The standard InChI is InChI=1S/C19H25NS/c1-19(2,3)21-14-18(20-4)17-12-10-16(11-13-17)15-8-6-5-7-9-15/h5-13,18,20H,14H2,1-4H3. The van der Waals surface area contributed by atoms with Gasteiger partial charge in [0.15, 0.2) is 0 Å². The van der Waals surface area contributed by atoms with Crippen LogP contribution >= 0.6 is 11.8 Å². The van der Waals surface area contributed by atoms with Gasteiger partial charge >= 0.3 is 0 Å². The van der Waals surface area contributed by atoms with Crippen LogP contribution in [0.3, 0.4) is 0 Å². The molecule has 0 fully saturated rings. The second-order valence-corrected chi connectivity index (χ2v) is 8.10. The molecule has 2 aromatic rings. The number of thioether (sulfide) groups is 1. The zero-order valence-corrected chi connectivity index (χ0v) is 14.2. The lowest BCUT2D eigenvalue weighted by Gasteiger charge is -2.23. The van der Waals surface area contributed by atoms with E-state index in [0.29, 0.717) is 10.8 Å². The average molecular weight is 299 g/mol. The van der Waals surface area contributed by atoms with E-state index < -0.39 is 0 Å². The number of rotatable bonds is 5. The highest BCUT2D eigenvalue weighted by Gasteiger charge is 2.16. The summed E-state index contributed by atoms with van der Waals surface area (Å²) in [6.07, 6.45) is 0. The van der Waals surface area contributed by atoms with E-state index >= 15 is 0 Å². The highest BCUT2D eigenvalue weighted by atomic mass is 32.2. The first kappa shape index (κ1) is 16.1. The van der Waals surface area contributed by atoms with Gasteiger partial charge in [-0.15, -0.1) is 0 Å². The number of hydrogen-bond acceptors (Lipinski definition) is 2. The number of nitrogens with one attached hydrogen (secondary N) is 1. The average Bonchev–Trinajstić information content (AvgIpc) is 2.48. The van der Waals surface area contributed by atoms with Crippen LogP contribution in [-0.4, -0.2) is 17.5 Å². The van der Waals surface area contributed by atoms with Crippen molar-refractivity contribution in [2.45, 2.75) is 31.6 Å². The summed E-state index contributed by atoms with van der Waals surface area (Å²) in [5, 5.41) is 3.43. The molecule has 0 saturated heterocycles. The van der Waals surface area contributed by atoms with E-state index in [0.717, 1.165) is 5.75 Å². The molecule has 0 aromatic heterocycles. The Bertz CT molecular complexity index is 540. The van der Waals surface area contributed by atoms with Gasteiger partial charge in [0.25, 0.3) is 0 Å². The first-order valence-electron chi connectivity index (χ1n) is 7.46. The summed E-state index contributed by atoms with van der Waals surface area (Å²) in [5.41, 5.74) is 3.90. The van der Waals surface area contributed by atoms with Crippen LogP contribution in [0.15, 0.2) is 54.6 Å². The lowest BCUT2D eigenvalue weighted by atomic mass is 10.0. The lowest BCUT2D eigenvalue weighted by molar-refractivity contribution is 0.656. The van der Waals surface area contributed by atoms with Gasteiger partial charge in [-0.1, -0.05) is 75.4 Å². The van der Waals surface area contributed by atoms with E-state index in [9.17, 15) is 0 Å². The van der Waals surface area contributed by atoms with Crippen molar-refractivity contribution in [2.24, 2.45) is 0 Å². The predicted octanol–water partition coefficient (Wildman–Crippen LogP) is 5.15. The van der Waals surface area contributed by atoms with Crippen LogP contribution in [0.2, 0.25) is 0 Å². The van der Waals surface area contributed by atoms with E-state index in [1.54, 1.807) is 0 Å². The van der Waals surface area contributed by atoms with Crippen molar-refractivity contribution in [1.29, 1.82) is 0 Å². The minimum absolute atomic E-state index is 0.305. The molecule has 112 valence electrons. The Hall–Kier alpha value is -1.25. The molecule has 1 nitrogen and oxygen atoms in total. The Kier molecular flexibility index (Phi) is 5.49. The lowest BCUT2D eigenvalue weighted by Crippen LogP contribution is -2.21. The zero-order chi connectivity index (χ0) is 15.3. The Morgan fingerprint density at radius 1 is 0.905 bits per heavy atom. The van der Waals surface area contributed by atoms with Crippen molar-refractivity contribution < 1.29 is 0 Å². The molecule has 0 aliphatic carbocycles. The molecule has 0 aliphatic rings. The quantitative estimate of drug-likeness (QED) is 0.820. The molecule has 0 spiro atoms. The van der Waals surface area contributed by atoms with Gasteiger partial charge in [-0.05, 0) is 23.7 Å². The van der Waals surface area contributed by atoms with Gasteiger partial charge in [0, 0.05) is 16.5 Å². The van der Waals surface area contributed by atoms with Crippen LogP contribution in [0, 0.1) is 0 Å². The monoisotopic (exact) mass is 299 g/mol. The number of hydrogen-bond donors (Lipinski definition) is 1. The molecule has 0 bridgehead atoms. The van der Waals surface area contributed by atoms with Crippen LogP contribution < -0.4 is 5.32 Å². The maximum Gasteiger partial charge on any atom is 0.0409 e. The highest BCUT2D eigenvalue weighted by molar-refractivity contribution is 8.00. The molecule has 1 atom stereocenters. The Labute approximate surface area is 133 Å². The molecule has 21 heavy (non-hydrogen) atoms. The third kappa shape index (κ3) is 4.90. The zero-order valence-electron chi connectivity index (χ0n) is 13.4. The molecule has 0 heterocycles. The molecule has 0 saturated carbocycles. The van der Waals surface area contributed by atoms with E-state index in [-0.39, 0.29) is 0 Å². The first-order chi connectivity index (χ1) is 9.99. The van der Waals surface area contributed by atoms with E-state index in [1.807, 2.05) is 18.8 Å². The molecule has 2 heteroatoms. The molecular weight excluding hydrogens is 274 g/mol. The molecule has 0 aliphatic heterocycles. The SMILES string of the molecule is CNC(CSC(C)(C)C)c1ccc(-c2ccccc2)cc1. The molecular formula is C19H25NS. The number of benzene rings is 2. The minimum atomic E-state index is 0.305. The largest absolute Gasteiger partial charge is 0.312 e. The fraction of sp³-hybridized carbons (Fsp3) is 0.368. The molecule has 0 radical (unpaired) electrons. The van der Waals surface area contributed by atoms with Gasteiger partial charge in [-0.3, -0.25) is 0 Å². The summed E-state index contributed by atoms with van der Waals surface area (Å²) < 4.78 is 0.305. The molecule has 1 N–H and O–H groups in total. The van der Waals surface area contributed by atoms with Crippen LogP contribution in [0.4, 0.5) is 0 Å². The molecule has 0 amide bonds. The van der Waals surface area contributed by atoms with E-state index in [4.69, 9.17) is 0 Å². The predicted molar refractivity (Wildman–Crippen MR) is 95.9 cm³/mol. The van der Waals surface area contributed by atoms with Crippen molar-refractivity contribution >= 4 is 11.8 Å². The Morgan fingerprint density at radius 3 is 2.00 bits per heavy atom. The van der Waals surface area contributed by atoms with Crippen molar-refractivity contribution in [3.63, 3.8) is 0 Å². The van der Waals surface area contributed by atoms with Crippen molar-refractivity contribution in [3.8, 4) is 11.1 Å². The smallest absolute Gasteiger partial charge is 0.0409 e. The van der Waals surface area contributed by atoms with Crippen LogP contribution in [0.1, 0.15) is 32.4 Å². The second-order valence-electron chi connectivity index (χ2n) is 6.25. The normalized spacial score (nSPS) is 13.1. The molecule has 2 rings (SSSR count). The molecule has 1 unspecified atom stereocenters. The topological polar surface area (TPSA) is 12.0 Å². The summed E-state index contributed by atoms with van der Waals surface area (Å²) in [5.74, 6) is 1.09. The minimum Gasteiger partial charge on any atom is -0.312 e. The van der Waals surface area contributed by atoms with Crippen LogP contribution in [0.25, 0.3) is 11.1 Å². The van der Waals surface area contributed by atoms with Gasteiger partial charge in [-0.25, -0.2) is 0 Å². The van der Waals surface area contributed by atoms with Crippen LogP contribution in [-0.2, 0) is 0 Å². The first-order valence-corrected chi connectivity index (χ1v) is 8.45. The van der Waals surface area contributed by atoms with E-state index in [2.05, 4.69) is 80.7 Å². The van der Waals surface area contributed by atoms with Crippen LogP contribution in [0.5, 0.6) is 0 Å². The summed E-state index contributed by atoms with van der Waals surface area (Å²) in [7, 11) is 2.04. The molecule has 2 aromatic carbocycles. The third-order valence-corrected chi connectivity index (χ3v) is 4.82. The van der Waals surface area contributed by atoms with Gasteiger partial charge in [0.1, 0.15) is 0 Å². The Balaban J connectivity index is 2.10. The summed E-state index contributed by atoms with van der Waals surface area (Å²) in [6.45, 7) is 6.80. The van der Waals surface area contributed by atoms with Gasteiger partial charge < -0.3 is 5.32 Å². The Morgan fingerprint density at radius 2 is 1.48 bits per heavy atom. The van der Waals surface area contributed by atoms with Gasteiger partial charge in [0.2, 0.25) is 0 Å². The van der Waals surface area contributed by atoms with E-state index in [1.165, 1.54) is 16.7 Å². The van der Waals surface area contributed by atoms with Crippen molar-refractivity contribution in [2.75, 3.05) is 12.8 Å². The fourth-order valence-electron chi connectivity index (χ4n) is 2.22.